The zero-order valence-corrected chi connectivity index (χ0v) is 24.0. The number of benzene rings is 6. The highest BCUT2D eigenvalue weighted by molar-refractivity contribution is 6.21. The molecule has 0 spiro atoms. The Morgan fingerprint density at radius 2 is 1.09 bits per heavy atom. The summed E-state index contributed by atoms with van der Waals surface area (Å²) in [4.78, 5) is 5.08. The second kappa shape index (κ2) is 10.4. The van der Waals surface area contributed by atoms with Crippen LogP contribution >= 0.6 is 0 Å². The fraction of sp³-hybridized carbons (Fsp3) is 0.0488. The first-order chi connectivity index (χ1) is 21.2. The van der Waals surface area contributed by atoms with E-state index in [1.54, 1.807) is 0 Å². The monoisotopic (exact) mass is 550 g/mol. The molecule has 2 nitrogen and oxygen atoms in total. The Labute approximate surface area is 251 Å². The molecule has 43 heavy (non-hydrogen) atoms. The number of allylic oxidation sites excluding steroid dienone is 3. The predicted octanol–water partition coefficient (Wildman–Crippen LogP) is 10.4. The summed E-state index contributed by atoms with van der Waals surface area (Å²) >= 11 is 0. The minimum absolute atomic E-state index is 0.863. The molecule has 0 bridgehead atoms. The number of nitrogens with zero attached hydrogens (tertiary/aromatic N) is 1. The van der Waals surface area contributed by atoms with E-state index < -0.39 is 0 Å². The van der Waals surface area contributed by atoms with Crippen LogP contribution in [0.25, 0.3) is 71.4 Å². The first-order valence-electron chi connectivity index (χ1n) is 14.9. The van der Waals surface area contributed by atoms with E-state index in [9.17, 15) is 0 Å². The standard InChI is InChI=1S/C41H30N2/c1-27-33(17-10-24-42-27)39-19-9-18-38(43-39)30-22-20-28-21-23-31(26-32(28)25-30)41-36-15-7-5-13-34(36)40(29-11-3-2-4-12-29)35-14-6-8-16-37(35)41/h2-23,25-26,42H,24H2,1H3. The van der Waals surface area contributed by atoms with Gasteiger partial charge in [0.15, 0.2) is 0 Å². The topological polar surface area (TPSA) is 24.9 Å². The van der Waals surface area contributed by atoms with Crippen molar-refractivity contribution in [2.75, 3.05) is 6.54 Å². The van der Waals surface area contributed by atoms with Gasteiger partial charge in [-0.25, -0.2) is 4.98 Å². The van der Waals surface area contributed by atoms with E-state index >= 15 is 0 Å². The molecule has 0 saturated heterocycles. The number of rotatable bonds is 4. The third-order valence-corrected chi connectivity index (χ3v) is 8.62. The molecule has 8 rings (SSSR count). The van der Waals surface area contributed by atoms with Gasteiger partial charge in [0.05, 0.1) is 11.4 Å². The number of pyridine rings is 1. The summed E-state index contributed by atoms with van der Waals surface area (Å²) in [5.41, 5.74) is 10.4. The lowest BCUT2D eigenvalue weighted by Crippen LogP contribution is -2.15. The molecule has 6 aromatic carbocycles. The fourth-order valence-corrected chi connectivity index (χ4v) is 6.55. The van der Waals surface area contributed by atoms with Crippen molar-refractivity contribution < 1.29 is 0 Å². The predicted molar refractivity (Wildman–Crippen MR) is 183 cm³/mol. The number of hydrogen-bond acceptors (Lipinski definition) is 2. The normalized spacial score (nSPS) is 13.1. The van der Waals surface area contributed by atoms with Gasteiger partial charge >= 0.3 is 0 Å². The molecule has 0 saturated carbocycles. The number of aromatic nitrogens is 1. The van der Waals surface area contributed by atoms with Crippen molar-refractivity contribution in [3.8, 4) is 33.5 Å². The number of hydrogen-bond donors (Lipinski definition) is 1. The van der Waals surface area contributed by atoms with Gasteiger partial charge in [0.2, 0.25) is 0 Å². The van der Waals surface area contributed by atoms with Crippen LogP contribution in [0.2, 0.25) is 0 Å². The maximum absolute atomic E-state index is 5.08. The van der Waals surface area contributed by atoms with Crippen LogP contribution in [0.1, 0.15) is 12.6 Å². The summed E-state index contributed by atoms with van der Waals surface area (Å²) in [5.74, 6) is 0. The van der Waals surface area contributed by atoms with Gasteiger partial charge in [-0.05, 0) is 85.8 Å². The molecule has 1 aliphatic heterocycles. The second-order valence-corrected chi connectivity index (χ2v) is 11.2. The molecule has 1 aromatic heterocycles. The zero-order chi connectivity index (χ0) is 28.8. The average molecular weight is 551 g/mol. The largest absolute Gasteiger partial charge is 0.385 e. The molecule has 0 atom stereocenters. The maximum Gasteiger partial charge on any atom is 0.0726 e. The van der Waals surface area contributed by atoms with Crippen molar-refractivity contribution in [1.82, 2.24) is 10.3 Å². The van der Waals surface area contributed by atoms with Crippen LogP contribution in [0.5, 0.6) is 0 Å². The lowest BCUT2D eigenvalue weighted by molar-refractivity contribution is 0.895. The maximum atomic E-state index is 5.08. The van der Waals surface area contributed by atoms with E-state index in [1.165, 1.54) is 54.6 Å². The van der Waals surface area contributed by atoms with Crippen LogP contribution in [0.4, 0.5) is 0 Å². The number of nitrogens with one attached hydrogen (secondary N) is 1. The Hall–Kier alpha value is -5.47. The smallest absolute Gasteiger partial charge is 0.0726 e. The lowest BCUT2D eigenvalue weighted by atomic mass is 9.85. The zero-order valence-electron chi connectivity index (χ0n) is 24.0. The lowest BCUT2D eigenvalue weighted by Gasteiger charge is -2.18. The highest BCUT2D eigenvalue weighted by atomic mass is 14.9. The van der Waals surface area contributed by atoms with Crippen molar-refractivity contribution in [2.45, 2.75) is 6.92 Å². The summed E-state index contributed by atoms with van der Waals surface area (Å²) in [6.07, 6.45) is 4.32. The molecular formula is C41H30N2. The van der Waals surface area contributed by atoms with Crippen molar-refractivity contribution in [2.24, 2.45) is 0 Å². The Balaban J connectivity index is 1.31. The third-order valence-electron chi connectivity index (χ3n) is 8.62. The minimum Gasteiger partial charge on any atom is -0.385 e. The van der Waals surface area contributed by atoms with E-state index in [2.05, 4.69) is 158 Å². The molecule has 0 amide bonds. The first kappa shape index (κ1) is 25.3. The Bertz CT molecular complexity index is 2180. The van der Waals surface area contributed by atoms with Crippen LogP contribution in [0.3, 0.4) is 0 Å². The van der Waals surface area contributed by atoms with Crippen LogP contribution < -0.4 is 5.32 Å². The Kier molecular flexibility index (Phi) is 6.12. The highest BCUT2D eigenvalue weighted by Crippen LogP contribution is 2.44. The summed E-state index contributed by atoms with van der Waals surface area (Å²) in [6, 6.07) is 48.3. The van der Waals surface area contributed by atoms with E-state index in [-0.39, 0.29) is 0 Å². The molecule has 2 heterocycles. The van der Waals surface area contributed by atoms with E-state index in [4.69, 9.17) is 4.98 Å². The molecule has 2 heteroatoms. The van der Waals surface area contributed by atoms with Gasteiger partial charge in [0, 0.05) is 23.4 Å². The highest BCUT2D eigenvalue weighted by Gasteiger charge is 2.17. The van der Waals surface area contributed by atoms with Gasteiger partial charge in [-0.1, -0.05) is 121 Å². The van der Waals surface area contributed by atoms with Crippen LogP contribution in [0.15, 0.2) is 151 Å². The van der Waals surface area contributed by atoms with Gasteiger partial charge < -0.3 is 5.32 Å². The molecular weight excluding hydrogens is 520 g/mol. The van der Waals surface area contributed by atoms with E-state index in [0.29, 0.717) is 0 Å². The summed E-state index contributed by atoms with van der Waals surface area (Å²) in [7, 11) is 0. The average Bonchev–Trinajstić information content (AvgIpc) is 3.07. The van der Waals surface area contributed by atoms with E-state index in [0.717, 1.165) is 34.8 Å². The summed E-state index contributed by atoms with van der Waals surface area (Å²) in [6.45, 7) is 2.98. The SMILES string of the molecule is CC1=C(c2cccc(-c3ccc4ccc(-c5c6ccccc6c(-c6ccccc6)c6ccccc56)cc4c3)n2)C=CCN1. The third kappa shape index (κ3) is 4.40. The summed E-state index contributed by atoms with van der Waals surface area (Å²) < 4.78 is 0. The van der Waals surface area contributed by atoms with Gasteiger partial charge in [-0.3, -0.25) is 0 Å². The summed E-state index contributed by atoms with van der Waals surface area (Å²) in [5, 5.41) is 10.9. The van der Waals surface area contributed by atoms with Crippen LogP contribution in [-0.2, 0) is 0 Å². The fourth-order valence-electron chi connectivity index (χ4n) is 6.55. The molecule has 1 aliphatic rings. The van der Waals surface area contributed by atoms with Gasteiger partial charge in [0.25, 0.3) is 0 Å². The molecule has 7 aromatic rings. The van der Waals surface area contributed by atoms with Crippen molar-refractivity contribution >= 4 is 37.9 Å². The second-order valence-electron chi connectivity index (χ2n) is 11.2. The Morgan fingerprint density at radius 3 is 1.77 bits per heavy atom. The van der Waals surface area contributed by atoms with Gasteiger partial charge in [0.1, 0.15) is 0 Å². The number of dihydropyridines is 1. The van der Waals surface area contributed by atoms with Gasteiger partial charge in [-0.15, -0.1) is 0 Å². The molecule has 0 unspecified atom stereocenters. The van der Waals surface area contributed by atoms with Crippen LogP contribution in [0, 0.1) is 0 Å². The van der Waals surface area contributed by atoms with Gasteiger partial charge in [-0.2, -0.15) is 0 Å². The first-order valence-corrected chi connectivity index (χ1v) is 14.9. The minimum atomic E-state index is 0.863. The molecule has 0 fully saturated rings. The Morgan fingerprint density at radius 1 is 0.512 bits per heavy atom. The quantitative estimate of drug-likeness (QED) is 0.221. The van der Waals surface area contributed by atoms with Crippen molar-refractivity contribution in [1.29, 1.82) is 0 Å². The van der Waals surface area contributed by atoms with Crippen LogP contribution in [-0.4, -0.2) is 11.5 Å². The van der Waals surface area contributed by atoms with Crippen molar-refractivity contribution in [3.05, 3.63) is 157 Å². The van der Waals surface area contributed by atoms with Crippen molar-refractivity contribution in [3.63, 3.8) is 0 Å². The number of fused-ring (bicyclic) bond motifs is 3. The molecule has 0 aliphatic carbocycles. The molecule has 1 N–H and O–H groups in total. The molecule has 204 valence electrons. The molecule has 0 radical (unpaired) electrons. The van der Waals surface area contributed by atoms with E-state index in [1.807, 2.05) is 0 Å².